The zero-order chi connectivity index (χ0) is 21.5. The summed E-state index contributed by atoms with van der Waals surface area (Å²) in [5.41, 5.74) is 3.69. The molecule has 3 aromatic carbocycles. The molecule has 0 aliphatic heterocycles. The molecular formula is C24H18N4O2S. The van der Waals surface area contributed by atoms with Gasteiger partial charge in [-0.3, -0.25) is 19.5 Å². The van der Waals surface area contributed by atoms with Gasteiger partial charge in [0.05, 0.1) is 26.8 Å². The van der Waals surface area contributed by atoms with E-state index in [0.29, 0.717) is 33.1 Å². The molecule has 0 bridgehead atoms. The average molecular weight is 427 g/mol. The summed E-state index contributed by atoms with van der Waals surface area (Å²) in [7, 11) is 0. The van der Waals surface area contributed by atoms with E-state index < -0.39 is 0 Å². The van der Waals surface area contributed by atoms with Crippen LogP contribution in [0.3, 0.4) is 0 Å². The highest BCUT2D eigenvalue weighted by Crippen LogP contribution is 2.27. The van der Waals surface area contributed by atoms with E-state index in [1.165, 1.54) is 11.3 Å². The van der Waals surface area contributed by atoms with Gasteiger partial charge in [-0.25, -0.2) is 9.97 Å². The van der Waals surface area contributed by atoms with Crippen LogP contribution < -0.4 is 10.9 Å². The molecule has 0 fully saturated rings. The molecule has 1 N–H and O–H groups in total. The topological polar surface area (TPSA) is 76.9 Å². The SMILES string of the molecule is Cc1ccc2nc(NC(=O)c3ccc(-n4c(C)nc5ccccc5c4=O)cc3)sc2c1. The number of para-hydroxylation sites is 1. The van der Waals surface area contributed by atoms with Crippen LogP contribution in [-0.4, -0.2) is 20.4 Å². The number of amides is 1. The number of carbonyl (C=O) groups excluding carboxylic acids is 1. The van der Waals surface area contributed by atoms with E-state index in [9.17, 15) is 9.59 Å². The maximum atomic E-state index is 13.0. The summed E-state index contributed by atoms with van der Waals surface area (Å²) in [5, 5.41) is 3.97. The van der Waals surface area contributed by atoms with E-state index in [0.717, 1.165) is 15.8 Å². The molecule has 6 nitrogen and oxygen atoms in total. The van der Waals surface area contributed by atoms with Crippen molar-refractivity contribution in [2.24, 2.45) is 0 Å². The highest BCUT2D eigenvalue weighted by Gasteiger charge is 2.13. The quantitative estimate of drug-likeness (QED) is 0.447. The first-order valence-corrected chi connectivity index (χ1v) is 10.6. The maximum absolute atomic E-state index is 13.0. The Morgan fingerprint density at radius 2 is 1.71 bits per heavy atom. The van der Waals surface area contributed by atoms with Gasteiger partial charge < -0.3 is 0 Å². The number of nitrogens with zero attached hydrogens (tertiary/aromatic N) is 3. The van der Waals surface area contributed by atoms with Crippen molar-refractivity contribution in [2.75, 3.05) is 5.32 Å². The van der Waals surface area contributed by atoms with Crippen LogP contribution in [-0.2, 0) is 0 Å². The lowest BCUT2D eigenvalue weighted by Gasteiger charge is -2.11. The monoisotopic (exact) mass is 426 g/mol. The summed E-state index contributed by atoms with van der Waals surface area (Å²) >= 11 is 1.44. The number of aromatic nitrogens is 3. The number of nitrogens with one attached hydrogen (secondary N) is 1. The number of benzene rings is 3. The molecule has 2 aromatic heterocycles. The fourth-order valence-corrected chi connectivity index (χ4v) is 4.52. The Hall–Kier alpha value is -3.84. The van der Waals surface area contributed by atoms with Gasteiger partial charge >= 0.3 is 0 Å². The molecule has 0 atom stereocenters. The fourth-order valence-electron chi connectivity index (χ4n) is 3.56. The molecule has 0 saturated carbocycles. The smallest absolute Gasteiger partial charge is 0.265 e. The van der Waals surface area contributed by atoms with Crippen LogP contribution >= 0.6 is 11.3 Å². The predicted octanol–water partition coefficient (Wildman–Crippen LogP) is 4.86. The van der Waals surface area contributed by atoms with E-state index >= 15 is 0 Å². The Balaban J connectivity index is 1.44. The first kappa shape index (κ1) is 19.1. The van der Waals surface area contributed by atoms with Crippen LogP contribution in [0, 0.1) is 13.8 Å². The van der Waals surface area contributed by atoms with Crippen LogP contribution in [0.2, 0.25) is 0 Å². The molecule has 0 radical (unpaired) electrons. The van der Waals surface area contributed by atoms with E-state index in [2.05, 4.69) is 21.4 Å². The Labute approximate surface area is 181 Å². The standard InChI is InChI=1S/C24H18N4O2S/c1-14-7-12-20-21(13-14)31-24(26-20)27-22(29)16-8-10-17(11-9-16)28-15(2)25-19-6-4-3-5-18(19)23(28)30/h3-13H,1-2H3,(H,26,27,29). The molecule has 0 saturated heterocycles. The number of thiazole rings is 1. The summed E-state index contributed by atoms with van der Waals surface area (Å²) < 4.78 is 2.59. The molecule has 0 spiro atoms. The van der Waals surface area contributed by atoms with Crippen LogP contribution in [0.4, 0.5) is 5.13 Å². The van der Waals surface area contributed by atoms with E-state index in [4.69, 9.17) is 0 Å². The van der Waals surface area contributed by atoms with Gasteiger partial charge in [0.15, 0.2) is 5.13 Å². The van der Waals surface area contributed by atoms with Gasteiger partial charge in [-0.15, -0.1) is 0 Å². The van der Waals surface area contributed by atoms with Crippen LogP contribution in [0.15, 0.2) is 71.5 Å². The summed E-state index contributed by atoms with van der Waals surface area (Å²) in [6.45, 7) is 3.82. The minimum Gasteiger partial charge on any atom is -0.298 e. The third-order valence-corrected chi connectivity index (χ3v) is 6.03. The van der Waals surface area contributed by atoms with Crippen molar-refractivity contribution in [3.8, 4) is 5.69 Å². The van der Waals surface area contributed by atoms with Gasteiger partial charge in [0, 0.05) is 5.56 Å². The second-order valence-corrected chi connectivity index (χ2v) is 8.34. The first-order chi connectivity index (χ1) is 15.0. The van der Waals surface area contributed by atoms with Crippen LogP contribution in [0.5, 0.6) is 0 Å². The number of aryl methyl sites for hydroxylation is 2. The van der Waals surface area contributed by atoms with Crippen molar-refractivity contribution < 1.29 is 4.79 Å². The number of hydrogen-bond donors (Lipinski definition) is 1. The van der Waals surface area contributed by atoms with Gasteiger partial charge in [-0.05, 0) is 67.9 Å². The van der Waals surface area contributed by atoms with Crippen molar-refractivity contribution in [3.63, 3.8) is 0 Å². The number of hydrogen-bond acceptors (Lipinski definition) is 5. The first-order valence-electron chi connectivity index (χ1n) is 9.77. The lowest BCUT2D eigenvalue weighted by atomic mass is 10.2. The Kier molecular flexibility index (Phi) is 4.60. The Bertz CT molecular complexity index is 1520. The minimum absolute atomic E-state index is 0.134. The number of fused-ring (bicyclic) bond motifs is 2. The van der Waals surface area contributed by atoms with E-state index in [1.54, 1.807) is 41.8 Å². The van der Waals surface area contributed by atoms with E-state index in [-0.39, 0.29) is 11.5 Å². The molecule has 1 amide bonds. The molecule has 5 rings (SSSR count). The highest BCUT2D eigenvalue weighted by atomic mass is 32.1. The second kappa shape index (κ2) is 7.45. The van der Waals surface area contributed by atoms with Gasteiger partial charge in [-0.1, -0.05) is 29.5 Å². The number of rotatable bonds is 3. The van der Waals surface area contributed by atoms with Crippen molar-refractivity contribution in [3.05, 3.63) is 94.0 Å². The minimum atomic E-state index is -0.247. The lowest BCUT2D eigenvalue weighted by molar-refractivity contribution is 0.102. The molecule has 0 aliphatic carbocycles. The highest BCUT2D eigenvalue weighted by molar-refractivity contribution is 7.22. The van der Waals surface area contributed by atoms with Crippen molar-refractivity contribution in [2.45, 2.75) is 13.8 Å². The number of carbonyl (C=O) groups is 1. The molecule has 0 aliphatic rings. The second-order valence-electron chi connectivity index (χ2n) is 7.31. The van der Waals surface area contributed by atoms with Crippen LogP contribution in [0.25, 0.3) is 26.8 Å². The third-order valence-electron chi connectivity index (χ3n) is 5.10. The average Bonchev–Trinajstić information content (AvgIpc) is 3.15. The van der Waals surface area contributed by atoms with Gasteiger partial charge in [0.25, 0.3) is 11.5 Å². The predicted molar refractivity (Wildman–Crippen MR) is 124 cm³/mol. The van der Waals surface area contributed by atoms with Crippen LogP contribution in [0.1, 0.15) is 21.7 Å². The Morgan fingerprint density at radius 3 is 2.52 bits per heavy atom. The lowest BCUT2D eigenvalue weighted by Crippen LogP contribution is -2.22. The molecule has 31 heavy (non-hydrogen) atoms. The van der Waals surface area contributed by atoms with Gasteiger partial charge in [0.1, 0.15) is 5.82 Å². The van der Waals surface area contributed by atoms with Gasteiger partial charge in [0.2, 0.25) is 0 Å². The zero-order valence-corrected chi connectivity index (χ0v) is 17.7. The summed E-state index contributed by atoms with van der Waals surface area (Å²) in [4.78, 5) is 34.6. The normalized spacial score (nSPS) is 11.2. The fraction of sp³-hybridized carbons (Fsp3) is 0.0833. The molecule has 0 unspecified atom stereocenters. The molecule has 2 heterocycles. The third kappa shape index (κ3) is 3.49. The zero-order valence-electron chi connectivity index (χ0n) is 16.9. The molecule has 5 aromatic rings. The largest absolute Gasteiger partial charge is 0.298 e. The summed E-state index contributed by atoms with van der Waals surface area (Å²) in [6.07, 6.45) is 0. The van der Waals surface area contributed by atoms with E-state index in [1.807, 2.05) is 37.3 Å². The molecule has 152 valence electrons. The van der Waals surface area contributed by atoms with Crippen molar-refractivity contribution >= 4 is 43.5 Å². The van der Waals surface area contributed by atoms with Gasteiger partial charge in [-0.2, -0.15) is 0 Å². The molecular weight excluding hydrogens is 408 g/mol. The molecule has 7 heteroatoms. The van der Waals surface area contributed by atoms with Crippen molar-refractivity contribution in [1.82, 2.24) is 14.5 Å². The summed E-state index contributed by atoms with van der Waals surface area (Å²) in [5.74, 6) is 0.341. The summed E-state index contributed by atoms with van der Waals surface area (Å²) in [6, 6.07) is 20.2. The Morgan fingerprint density at radius 1 is 0.935 bits per heavy atom. The number of anilines is 1. The maximum Gasteiger partial charge on any atom is 0.265 e. The van der Waals surface area contributed by atoms with Crippen molar-refractivity contribution in [1.29, 1.82) is 0 Å².